The first-order chi connectivity index (χ1) is 8.78. The summed E-state index contributed by atoms with van der Waals surface area (Å²) in [5, 5.41) is 3.15. The number of hydrogen-bond donors (Lipinski definition) is 2. The largest absolute Gasteiger partial charge is 0.374 e. The van der Waals surface area contributed by atoms with Crippen LogP contribution < -0.4 is 11.1 Å². The van der Waals surface area contributed by atoms with E-state index in [0.29, 0.717) is 25.7 Å². The quantitative estimate of drug-likeness (QED) is 0.747. The minimum absolute atomic E-state index is 0.0845. The third kappa shape index (κ3) is 4.23. The van der Waals surface area contributed by atoms with Gasteiger partial charge in [0.1, 0.15) is 0 Å². The van der Waals surface area contributed by atoms with E-state index in [1.807, 2.05) is 0 Å². The zero-order valence-electron chi connectivity index (χ0n) is 11.1. The van der Waals surface area contributed by atoms with E-state index in [-0.39, 0.29) is 12.0 Å². The molecule has 0 bridgehead atoms. The molecule has 0 radical (unpaired) electrons. The van der Waals surface area contributed by atoms with Crippen LogP contribution in [0.1, 0.15) is 32.1 Å². The summed E-state index contributed by atoms with van der Waals surface area (Å²) in [6, 6.07) is 0.401. The van der Waals surface area contributed by atoms with E-state index in [4.69, 9.17) is 10.5 Å². The third-order valence-corrected chi connectivity index (χ3v) is 3.82. The second-order valence-corrected chi connectivity index (χ2v) is 5.37. The number of amides is 1. The Balaban J connectivity index is 1.69. The van der Waals surface area contributed by atoms with Gasteiger partial charge in [0.15, 0.2) is 0 Å². The van der Waals surface area contributed by atoms with E-state index in [1.165, 1.54) is 19.3 Å². The zero-order valence-corrected chi connectivity index (χ0v) is 11.1. The molecule has 1 atom stereocenters. The van der Waals surface area contributed by atoms with Crippen molar-refractivity contribution in [2.45, 2.75) is 44.2 Å². The summed E-state index contributed by atoms with van der Waals surface area (Å²) < 4.78 is 5.49. The second-order valence-electron chi connectivity index (χ2n) is 5.37. The van der Waals surface area contributed by atoms with Crippen molar-refractivity contribution in [1.82, 2.24) is 10.2 Å². The Kier molecular flexibility index (Phi) is 5.41. The predicted molar refractivity (Wildman–Crippen MR) is 70.3 cm³/mol. The average Bonchev–Trinajstić information content (AvgIpc) is 2.40. The van der Waals surface area contributed by atoms with Crippen molar-refractivity contribution >= 4 is 5.91 Å². The van der Waals surface area contributed by atoms with Crippen molar-refractivity contribution < 1.29 is 9.53 Å². The summed E-state index contributed by atoms with van der Waals surface area (Å²) in [6.45, 7) is 3.29. The van der Waals surface area contributed by atoms with Crippen LogP contribution >= 0.6 is 0 Å². The lowest BCUT2D eigenvalue weighted by Crippen LogP contribution is -2.50. The van der Waals surface area contributed by atoms with E-state index in [0.717, 1.165) is 25.9 Å². The molecule has 0 aromatic carbocycles. The maximum absolute atomic E-state index is 11.9. The molecule has 1 heterocycles. The number of nitrogens with one attached hydrogen (secondary N) is 1. The van der Waals surface area contributed by atoms with Gasteiger partial charge in [-0.3, -0.25) is 9.69 Å². The van der Waals surface area contributed by atoms with Gasteiger partial charge in [0.25, 0.3) is 0 Å². The molecule has 2 rings (SSSR count). The van der Waals surface area contributed by atoms with Crippen LogP contribution in [0.15, 0.2) is 0 Å². The Labute approximate surface area is 109 Å². The normalized spacial score (nSPS) is 27.1. The van der Waals surface area contributed by atoms with E-state index >= 15 is 0 Å². The molecule has 1 saturated carbocycles. The molecule has 0 aromatic heterocycles. The van der Waals surface area contributed by atoms with Gasteiger partial charge in [-0.1, -0.05) is 19.3 Å². The molecule has 18 heavy (non-hydrogen) atoms. The lowest BCUT2D eigenvalue weighted by atomic mass is 9.95. The van der Waals surface area contributed by atoms with Crippen LogP contribution in [0.3, 0.4) is 0 Å². The zero-order chi connectivity index (χ0) is 12.8. The minimum atomic E-state index is 0.0845. The van der Waals surface area contributed by atoms with Crippen LogP contribution in [0, 0.1) is 0 Å². The predicted octanol–water partition coefficient (Wildman–Crippen LogP) is 0.0948. The van der Waals surface area contributed by atoms with Gasteiger partial charge in [0, 0.05) is 25.7 Å². The Morgan fingerprint density at radius 1 is 1.33 bits per heavy atom. The molecule has 2 fully saturated rings. The first kappa shape index (κ1) is 13.8. The van der Waals surface area contributed by atoms with Crippen LogP contribution in [0.4, 0.5) is 0 Å². The molecule has 1 aliphatic carbocycles. The van der Waals surface area contributed by atoms with Crippen molar-refractivity contribution in [2.75, 3.05) is 32.8 Å². The van der Waals surface area contributed by atoms with Gasteiger partial charge in [0.2, 0.25) is 5.91 Å². The first-order valence-electron chi connectivity index (χ1n) is 7.11. The van der Waals surface area contributed by atoms with Crippen molar-refractivity contribution in [1.29, 1.82) is 0 Å². The van der Waals surface area contributed by atoms with Gasteiger partial charge in [-0.25, -0.2) is 0 Å². The molecule has 5 heteroatoms. The van der Waals surface area contributed by atoms with Crippen LogP contribution in [0.2, 0.25) is 0 Å². The van der Waals surface area contributed by atoms with Crippen molar-refractivity contribution in [2.24, 2.45) is 5.73 Å². The third-order valence-electron chi connectivity index (χ3n) is 3.82. The molecule has 5 nitrogen and oxygen atoms in total. The Morgan fingerprint density at radius 2 is 2.11 bits per heavy atom. The summed E-state index contributed by atoms with van der Waals surface area (Å²) in [5.41, 5.74) is 5.59. The second kappa shape index (κ2) is 7.07. The fourth-order valence-electron chi connectivity index (χ4n) is 2.79. The van der Waals surface area contributed by atoms with E-state index < -0.39 is 0 Å². The standard InChI is InChI=1S/C13H25N3O2/c14-8-12-9-16(6-7-18-12)10-13(17)15-11-4-2-1-3-5-11/h11-12H,1-10,14H2,(H,15,17). The fraction of sp³-hybridized carbons (Fsp3) is 0.923. The fourth-order valence-corrected chi connectivity index (χ4v) is 2.79. The first-order valence-corrected chi connectivity index (χ1v) is 7.11. The van der Waals surface area contributed by atoms with Gasteiger partial charge >= 0.3 is 0 Å². The summed E-state index contributed by atoms with van der Waals surface area (Å²) in [4.78, 5) is 14.1. The van der Waals surface area contributed by atoms with Gasteiger partial charge in [0.05, 0.1) is 19.3 Å². The SMILES string of the molecule is NCC1CN(CC(=O)NC2CCCCC2)CCO1. The molecule has 1 saturated heterocycles. The average molecular weight is 255 g/mol. The van der Waals surface area contributed by atoms with Crippen molar-refractivity contribution in [3.63, 3.8) is 0 Å². The lowest BCUT2D eigenvalue weighted by Gasteiger charge is -2.32. The topological polar surface area (TPSA) is 67.6 Å². The van der Waals surface area contributed by atoms with Crippen molar-refractivity contribution in [3.05, 3.63) is 0 Å². The molecule has 1 unspecified atom stereocenters. The highest BCUT2D eigenvalue weighted by Gasteiger charge is 2.22. The van der Waals surface area contributed by atoms with Gasteiger partial charge < -0.3 is 15.8 Å². The number of morpholine rings is 1. The molecule has 0 aromatic rings. The molecular weight excluding hydrogens is 230 g/mol. The number of carbonyl (C=O) groups is 1. The summed E-state index contributed by atoms with van der Waals surface area (Å²) >= 11 is 0. The van der Waals surface area contributed by atoms with E-state index in [2.05, 4.69) is 10.2 Å². The van der Waals surface area contributed by atoms with Crippen LogP contribution in [0.25, 0.3) is 0 Å². The van der Waals surface area contributed by atoms with E-state index in [9.17, 15) is 4.79 Å². The number of carbonyl (C=O) groups excluding carboxylic acids is 1. The molecule has 104 valence electrons. The molecule has 0 spiro atoms. The molecule has 2 aliphatic rings. The Bertz CT molecular complexity index is 267. The Hall–Kier alpha value is -0.650. The highest BCUT2D eigenvalue weighted by atomic mass is 16.5. The van der Waals surface area contributed by atoms with Crippen LogP contribution in [0.5, 0.6) is 0 Å². The monoisotopic (exact) mass is 255 g/mol. The van der Waals surface area contributed by atoms with Crippen LogP contribution in [-0.2, 0) is 9.53 Å². The molecular formula is C13H25N3O2. The number of nitrogens with two attached hydrogens (primary N) is 1. The highest BCUT2D eigenvalue weighted by Crippen LogP contribution is 2.17. The number of hydrogen-bond acceptors (Lipinski definition) is 4. The van der Waals surface area contributed by atoms with Crippen molar-refractivity contribution in [3.8, 4) is 0 Å². The smallest absolute Gasteiger partial charge is 0.234 e. The summed E-state index contributed by atoms with van der Waals surface area (Å²) in [7, 11) is 0. The van der Waals surface area contributed by atoms with Crippen LogP contribution in [-0.4, -0.2) is 55.7 Å². The lowest BCUT2D eigenvalue weighted by molar-refractivity contribution is -0.125. The number of nitrogens with zero attached hydrogens (tertiary/aromatic N) is 1. The maximum Gasteiger partial charge on any atom is 0.234 e. The molecule has 3 N–H and O–H groups in total. The number of ether oxygens (including phenoxy) is 1. The number of rotatable bonds is 4. The summed E-state index contributed by atoms with van der Waals surface area (Å²) in [5.74, 6) is 0.152. The Morgan fingerprint density at radius 3 is 2.83 bits per heavy atom. The van der Waals surface area contributed by atoms with E-state index in [1.54, 1.807) is 0 Å². The minimum Gasteiger partial charge on any atom is -0.374 e. The summed E-state index contributed by atoms with van der Waals surface area (Å²) in [6.07, 6.45) is 6.17. The molecule has 1 amide bonds. The molecule has 1 aliphatic heterocycles. The van der Waals surface area contributed by atoms with Gasteiger partial charge in [-0.2, -0.15) is 0 Å². The van der Waals surface area contributed by atoms with Gasteiger partial charge in [-0.05, 0) is 12.8 Å². The maximum atomic E-state index is 11.9. The van der Waals surface area contributed by atoms with Gasteiger partial charge in [-0.15, -0.1) is 0 Å². The highest BCUT2D eigenvalue weighted by molar-refractivity contribution is 5.78.